The second-order valence-corrected chi connectivity index (χ2v) is 6.95. The third-order valence-electron chi connectivity index (χ3n) is 3.25. The Morgan fingerprint density at radius 3 is 2.77 bits per heavy atom. The molecular formula is C17H16BrN3S. The van der Waals surface area contributed by atoms with Crippen LogP contribution in [0.3, 0.4) is 0 Å². The predicted molar refractivity (Wildman–Crippen MR) is 95.3 cm³/mol. The fourth-order valence-corrected chi connectivity index (χ4v) is 3.74. The van der Waals surface area contributed by atoms with E-state index in [4.69, 9.17) is 4.99 Å². The zero-order valence-corrected chi connectivity index (χ0v) is 14.8. The largest absolute Gasteiger partial charge is 0.314 e. The van der Waals surface area contributed by atoms with Crippen molar-refractivity contribution >= 4 is 33.0 Å². The van der Waals surface area contributed by atoms with Crippen LogP contribution in [0.25, 0.3) is 11.3 Å². The van der Waals surface area contributed by atoms with Gasteiger partial charge in [-0.2, -0.15) is 0 Å². The van der Waals surface area contributed by atoms with Crippen molar-refractivity contribution in [3.63, 3.8) is 0 Å². The fourth-order valence-electron chi connectivity index (χ4n) is 2.29. The molecule has 0 aliphatic rings. The Kier molecular flexibility index (Phi) is 4.55. The molecule has 3 rings (SSSR count). The van der Waals surface area contributed by atoms with Gasteiger partial charge in [0, 0.05) is 27.7 Å². The van der Waals surface area contributed by atoms with Crippen LogP contribution in [-0.2, 0) is 0 Å². The molecule has 0 saturated carbocycles. The summed E-state index contributed by atoms with van der Waals surface area (Å²) in [7, 11) is 0. The lowest BCUT2D eigenvalue weighted by atomic mass is 10.1. The van der Waals surface area contributed by atoms with Gasteiger partial charge in [0.2, 0.25) is 0 Å². The highest BCUT2D eigenvalue weighted by molar-refractivity contribution is 9.10. The molecule has 2 heterocycles. The average molecular weight is 374 g/mol. The first-order valence-electron chi connectivity index (χ1n) is 7.06. The standard InChI is InChI=1S/C17H16BrN3S/c1-12(2)21-16(13-5-3-6-14(18)9-13)11-22-17(21)20-15-7-4-8-19-10-15/h3-12H,1-2H3. The first-order valence-corrected chi connectivity index (χ1v) is 8.73. The van der Waals surface area contributed by atoms with E-state index in [-0.39, 0.29) is 0 Å². The number of pyridine rings is 1. The molecule has 0 unspecified atom stereocenters. The van der Waals surface area contributed by atoms with Crippen molar-refractivity contribution in [3.8, 4) is 11.3 Å². The van der Waals surface area contributed by atoms with Crippen LogP contribution < -0.4 is 4.80 Å². The van der Waals surface area contributed by atoms with Crippen LogP contribution in [0.4, 0.5) is 5.69 Å². The van der Waals surface area contributed by atoms with Crippen molar-refractivity contribution in [1.29, 1.82) is 0 Å². The number of aromatic nitrogens is 2. The van der Waals surface area contributed by atoms with Crippen molar-refractivity contribution < 1.29 is 0 Å². The minimum absolute atomic E-state index is 0.329. The van der Waals surface area contributed by atoms with Gasteiger partial charge >= 0.3 is 0 Å². The highest BCUT2D eigenvalue weighted by Crippen LogP contribution is 2.26. The Balaban J connectivity index is 2.17. The molecule has 0 aliphatic carbocycles. The highest BCUT2D eigenvalue weighted by atomic mass is 79.9. The minimum Gasteiger partial charge on any atom is -0.314 e. The zero-order chi connectivity index (χ0) is 15.5. The van der Waals surface area contributed by atoms with Crippen molar-refractivity contribution in [3.05, 3.63) is 63.4 Å². The molecule has 5 heteroatoms. The van der Waals surface area contributed by atoms with Crippen LogP contribution in [0.15, 0.2) is 63.6 Å². The molecular weight excluding hydrogens is 358 g/mol. The molecule has 22 heavy (non-hydrogen) atoms. The summed E-state index contributed by atoms with van der Waals surface area (Å²) in [5.74, 6) is 0. The van der Waals surface area contributed by atoms with E-state index in [9.17, 15) is 0 Å². The molecule has 0 spiro atoms. The van der Waals surface area contributed by atoms with E-state index >= 15 is 0 Å². The van der Waals surface area contributed by atoms with Gasteiger partial charge in [0.1, 0.15) is 0 Å². The normalized spacial score (nSPS) is 12.1. The molecule has 0 bridgehead atoms. The molecule has 3 nitrogen and oxygen atoms in total. The molecule has 0 atom stereocenters. The molecule has 0 N–H and O–H groups in total. The number of halogens is 1. The molecule has 2 aromatic heterocycles. The third kappa shape index (κ3) is 3.20. The Labute approximate surface area is 142 Å². The van der Waals surface area contributed by atoms with Gasteiger partial charge in [-0.15, -0.1) is 11.3 Å². The van der Waals surface area contributed by atoms with Crippen molar-refractivity contribution in [2.75, 3.05) is 0 Å². The topological polar surface area (TPSA) is 30.2 Å². The van der Waals surface area contributed by atoms with Gasteiger partial charge in [-0.05, 0) is 38.1 Å². The van der Waals surface area contributed by atoms with Crippen LogP contribution in [0.2, 0.25) is 0 Å². The first-order chi connectivity index (χ1) is 10.6. The third-order valence-corrected chi connectivity index (χ3v) is 4.58. The summed E-state index contributed by atoms with van der Waals surface area (Å²) >= 11 is 5.20. The summed E-state index contributed by atoms with van der Waals surface area (Å²) in [5.41, 5.74) is 3.25. The van der Waals surface area contributed by atoms with E-state index in [1.807, 2.05) is 18.2 Å². The van der Waals surface area contributed by atoms with Crippen molar-refractivity contribution in [1.82, 2.24) is 9.55 Å². The maximum Gasteiger partial charge on any atom is 0.190 e. The van der Waals surface area contributed by atoms with E-state index in [0.717, 1.165) is 15.0 Å². The lowest BCUT2D eigenvalue weighted by Gasteiger charge is -2.13. The number of rotatable bonds is 3. The number of nitrogens with zero attached hydrogens (tertiary/aromatic N) is 3. The molecule has 0 radical (unpaired) electrons. The lowest BCUT2D eigenvalue weighted by molar-refractivity contribution is 0.591. The average Bonchev–Trinajstić information content (AvgIpc) is 2.92. The van der Waals surface area contributed by atoms with E-state index < -0.39 is 0 Å². The maximum absolute atomic E-state index is 4.74. The number of thiazole rings is 1. The first kappa shape index (κ1) is 15.2. The van der Waals surface area contributed by atoms with Crippen molar-refractivity contribution in [2.45, 2.75) is 19.9 Å². The molecule has 1 aromatic carbocycles. The van der Waals surface area contributed by atoms with Gasteiger partial charge in [0.05, 0.1) is 17.6 Å². The molecule has 0 aliphatic heterocycles. The Morgan fingerprint density at radius 1 is 1.23 bits per heavy atom. The Hall–Kier alpha value is -1.72. The number of hydrogen-bond donors (Lipinski definition) is 0. The summed E-state index contributed by atoms with van der Waals surface area (Å²) in [4.78, 5) is 9.85. The molecule has 0 saturated heterocycles. The van der Waals surface area contributed by atoms with Crippen LogP contribution in [0.1, 0.15) is 19.9 Å². The number of hydrogen-bond acceptors (Lipinski definition) is 3. The minimum atomic E-state index is 0.329. The van der Waals surface area contributed by atoms with Crippen LogP contribution in [0, 0.1) is 0 Å². The van der Waals surface area contributed by atoms with E-state index in [2.05, 4.69) is 62.9 Å². The van der Waals surface area contributed by atoms with E-state index in [1.165, 1.54) is 11.3 Å². The van der Waals surface area contributed by atoms with Gasteiger partial charge in [0.25, 0.3) is 0 Å². The Morgan fingerprint density at radius 2 is 2.09 bits per heavy atom. The summed E-state index contributed by atoms with van der Waals surface area (Å²) in [6, 6.07) is 12.6. The second kappa shape index (κ2) is 6.58. The Bertz CT molecular complexity index is 834. The molecule has 3 aromatic rings. The van der Waals surface area contributed by atoms with Crippen molar-refractivity contribution in [2.24, 2.45) is 4.99 Å². The van der Waals surface area contributed by atoms with Gasteiger partial charge in [-0.1, -0.05) is 28.1 Å². The van der Waals surface area contributed by atoms with Gasteiger partial charge in [-0.3, -0.25) is 4.98 Å². The zero-order valence-electron chi connectivity index (χ0n) is 12.4. The van der Waals surface area contributed by atoms with Gasteiger partial charge in [-0.25, -0.2) is 4.99 Å². The monoisotopic (exact) mass is 373 g/mol. The van der Waals surface area contributed by atoms with Crippen LogP contribution >= 0.6 is 27.3 Å². The summed E-state index contributed by atoms with van der Waals surface area (Å²) in [6.07, 6.45) is 3.54. The van der Waals surface area contributed by atoms with Crippen LogP contribution in [0.5, 0.6) is 0 Å². The van der Waals surface area contributed by atoms with Crippen LogP contribution in [-0.4, -0.2) is 9.55 Å². The maximum atomic E-state index is 4.74. The quantitative estimate of drug-likeness (QED) is 0.621. The summed E-state index contributed by atoms with van der Waals surface area (Å²) in [5, 5.41) is 2.16. The second-order valence-electron chi connectivity index (χ2n) is 5.20. The smallest absolute Gasteiger partial charge is 0.190 e. The summed E-state index contributed by atoms with van der Waals surface area (Å²) < 4.78 is 3.34. The SMILES string of the molecule is CC(C)n1c(-c2cccc(Br)c2)csc1=Nc1cccnc1. The van der Waals surface area contributed by atoms with Gasteiger partial charge in [0.15, 0.2) is 4.80 Å². The number of benzene rings is 1. The molecule has 0 fully saturated rings. The van der Waals surface area contributed by atoms with E-state index in [1.54, 1.807) is 23.7 Å². The van der Waals surface area contributed by atoms with Gasteiger partial charge < -0.3 is 4.57 Å². The summed E-state index contributed by atoms with van der Waals surface area (Å²) in [6.45, 7) is 4.35. The molecule has 0 amide bonds. The fraction of sp³-hybridized carbons (Fsp3) is 0.176. The lowest BCUT2D eigenvalue weighted by Crippen LogP contribution is -2.17. The highest BCUT2D eigenvalue weighted by Gasteiger charge is 2.11. The predicted octanol–water partition coefficient (Wildman–Crippen LogP) is 5.19. The van der Waals surface area contributed by atoms with E-state index in [0.29, 0.717) is 6.04 Å². The molecule has 112 valence electrons.